The molecule has 25 heavy (non-hydrogen) atoms. The highest BCUT2D eigenvalue weighted by molar-refractivity contribution is 5.59. The zero-order valence-electron chi connectivity index (χ0n) is 13.5. The standard InChI is InChI=1S/C17H18F3N3O2/c1-2-3-9-24-14-7-6-11(10-12(14)17(18,19)20)15-22-16(25-23-15)13-5-4-8-21-13/h2,6-7,10,13,21H,1,3-5,8-9H2/t13-/m0/s1. The van der Waals surface area contributed by atoms with Crippen LogP contribution in [0.5, 0.6) is 5.75 Å². The maximum Gasteiger partial charge on any atom is 0.419 e. The molecular weight excluding hydrogens is 335 g/mol. The van der Waals surface area contributed by atoms with Crippen LogP contribution >= 0.6 is 0 Å². The van der Waals surface area contributed by atoms with Gasteiger partial charge in [0.05, 0.1) is 18.2 Å². The summed E-state index contributed by atoms with van der Waals surface area (Å²) in [5, 5.41) is 7.02. The summed E-state index contributed by atoms with van der Waals surface area (Å²) in [4.78, 5) is 4.23. The monoisotopic (exact) mass is 353 g/mol. The lowest BCUT2D eigenvalue weighted by molar-refractivity contribution is -0.138. The van der Waals surface area contributed by atoms with Gasteiger partial charge in [-0.1, -0.05) is 11.2 Å². The van der Waals surface area contributed by atoms with Gasteiger partial charge in [-0.2, -0.15) is 18.2 Å². The third-order valence-electron chi connectivity index (χ3n) is 3.92. The van der Waals surface area contributed by atoms with E-state index in [4.69, 9.17) is 9.26 Å². The third kappa shape index (κ3) is 4.01. The van der Waals surface area contributed by atoms with Crippen LogP contribution in [0.3, 0.4) is 0 Å². The minimum absolute atomic E-state index is 0.0372. The minimum atomic E-state index is -4.54. The molecule has 1 aliphatic heterocycles. The van der Waals surface area contributed by atoms with Crippen molar-refractivity contribution < 1.29 is 22.4 Å². The number of alkyl halides is 3. The van der Waals surface area contributed by atoms with Crippen LogP contribution in [0.4, 0.5) is 13.2 Å². The minimum Gasteiger partial charge on any atom is -0.493 e. The van der Waals surface area contributed by atoms with Gasteiger partial charge in [0, 0.05) is 5.56 Å². The molecular formula is C17H18F3N3O2. The second kappa shape index (κ2) is 7.26. The molecule has 1 N–H and O–H groups in total. The number of nitrogens with zero attached hydrogens (tertiary/aromatic N) is 2. The largest absolute Gasteiger partial charge is 0.493 e. The lowest BCUT2D eigenvalue weighted by atomic mass is 10.1. The molecule has 134 valence electrons. The predicted molar refractivity (Wildman–Crippen MR) is 85.0 cm³/mol. The van der Waals surface area contributed by atoms with Crippen LogP contribution in [0.2, 0.25) is 0 Å². The Morgan fingerprint density at radius 1 is 1.40 bits per heavy atom. The Bertz CT molecular complexity index is 737. The van der Waals surface area contributed by atoms with Crippen LogP contribution in [-0.4, -0.2) is 23.3 Å². The van der Waals surface area contributed by atoms with Crippen molar-refractivity contribution in [3.05, 3.63) is 42.3 Å². The average Bonchev–Trinajstić information content (AvgIpc) is 3.25. The van der Waals surface area contributed by atoms with Crippen LogP contribution in [0, 0.1) is 0 Å². The van der Waals surface area contributed by atoms with Gasteiger partial charge in [-0.3, -0.25) is 0 Å². The zero-order chi connectivity index (χ0) is 17.9. The molecule has 1 aliphatic rings. The molecule has 5 nitrogen and oxygen atoms in total. The summed E-state index contributed by atoms with van der Waals surface area (Å²) in [7, 11) is 0. The Kier molecular flexibility index (Phi) is 5.08. The van der Waals surface area contributed by atoms with Crippen molar-refractivity contribution in [3.63, 3.8) is 0 Å². The lowest BCUT2D eigenvalue weighted by Gasteiger charge is -2.14. The van der Waals surface area contributed by atoms with Crippen molar-refractivity contribution in [3.8, 4) is 17.1 Å². The van der Waals surface area contributed by atoms with E-state index in [0.29, 0.717) is 12.3 Å². The van der Waals surface area contributed by atoms with Crippen molar-refractivity contribution in [2.45, 2.75) is 31.5 Å². The second-order valence-electron chi connectivity index (χ2n) is 5.74. The summed E-state index contributed by atoms with van der Waals surface area (Å²) < 4.78 is 50.4. The summed E-state index contributed by atoms with van der Waals surface area (Å²) in [6.07, 6.45) is -0.636. The molecule has 0 spiro atoms. The van der Waals surface area contributed by atoms with E-state index in [1.165, 1.54) is 12.1 Å². The van der Waals surface area contributed by atoms with Crippen LogP contribution in [0.25, 0.3) is 11.4 Å². The first-order chi connectivity index (χ1) is 12.0. The van der Waals surface area contributed by atoms with Gasteiger partial charge in [-0.05, 0) is 44.0 Å². The van der Waals surface area contributed by atoms with Gasteiger partial charge in [0.15, 0.2) is 0 Å². The molecule has 1 atom stereocenters. The summed E-state index contributed by atoms with van der Waals surface area (Å²) >= 11 is 0. The smallest absolute Gasteiger partial charge is 0.419 e. The van der Waals surface area contributed by atoms with Gasteiger partial charge >= 0.3 is 6.18 Å². The second-order valence-corrected chi connectivity index (χ2v) is 5.74. The Balaban J connectivity index is 1.87. The Labute approximate surface area is 142 Å². The molecule has 0 saturated carbocycles. The van der Waals surface area contributed by atoms with Crippen LogP contribution in [0.1, 0.15) is 36.8 Å². The van der Waals surface area contributed by atoms with Gasteiger partial charge in [0.1, 0.15) is 5.75 Å². The van der Waals surface area contributed by atoms with Crippen molar-refractivity contribution in [2.24, 2.45) is 0 Å². The Morgan fingerprint density at radius 3 is 2.92 bits per heavy atom. The molecule has 0 bridgehead atoms. The highest BCUT2D eigenvalue weighted by Crippen LogP contribution is 2.38. The van der Waals surface area contributed by atoms with Crippen LogP contribution < -0.4 is 10.1 Å². The van der Waals surface area contributed by atoms with Crippen LogP contribution in [-0.2, 0) is 6.18 Å². The van der Waals surface area contributed by atoms with E-state index in [-0.39, 0.29) is 29.8 Å². The van der Waals surface area contributed by atoms with Crippen molar-refractivity contribution in [1.29, 1.82) is 0 Å². The van der Waals surface area contributed by atoms with Gasteiger partial charge < -0.3 is 14.6 Å². The van der Waals surface area contributed by atoms with Gasteiger partial charge in [0.25, 0.3) is 0 Å². The van der Waals surface area contributed by atoms with Gasteiger partial charge in [-0.25, -0.2) is 0 Å². The summed E-state index contributed by atoms with van der Waals surface area (Å²) in [5.41, 5.74) is -0.629. The Morgan fingerprint density at radius 2 is 2.24 bits per heavy atom. The van der Waals surface area contributed by atoms with E-state index in [0.717, 1.165) is 25.5 Å². The fourth-order valence-electron chi connectivity index (χ4n) is 2.66. The molecule has 0 radical (unpaired) electrons. The van der Waals surface area contributed by atoms with Gasteiger partial charge in [-0.15, -0.1) is 6.58 Å². The first-order valence-electron chi connectivity index (χ1n) is 8.01. The molecule has 0 aliphatic carbocycles. The normalized spacial score (nSPS) is 17.6. The highest BCUT2D eigenvalue weighted by atomic mass is 19.4. The number of hydrogen-bond donors (Lipinski definition) is 1. The van der Waals surface area contributed by atoms with E-state index >= 15 is 0 Å². The number of ether oxygens (including phenoxy) is 1. The molecule has 8 heteroatoms. The number of rotatable bonds is 6. The molecule has 0 amide bonds. The van der Waals surface area contributed by atoms with E-state index in [9.17, 15) is 13.2 Å². The topological polar surface area (TPSA) is 60.2 Å². The SMILES string of the molecule is C=CCCOc1ccc(-c2noc([C@@H]3CCCN3)n2)cc1C(F)(F)F. The number of nitrogens with one attached hydrogen (secondary N) is 1. The molecule has 1 aromatic heterocycles. The van der Waals surface area contributed by atoms with Crippen molar-refractivity contribution in [1.82, 2.24) is 15.5 Å². The lowest BCUT2D eigenvalue weighted by Crippen LogP contribution is -2.13. The number of benzene rings is 1. The first-order valence-corrected chi connectivity index (χ1v) is 8.01. The average molecular weight is 353 g/mol. The predicted octanol–water partition coefficient (Wildman–Crippen LogP) is 4.13. The van der Waals surface area contributed by atoms with E-state index < -0.39 is 11.7 Å². The third-order valence-corrected chi connectivity index (χ3v) is 3.92. The zero-order valence-corrected chi connectivity index (χ0v) is 13.5. The molecule has 2 aromatic rings. The molecule has 3 rings (SSSR count). The number of halogens is 3. The molecule has 1 fully saturated rings. The molecule has 1 aromatic carbocycles. The maximum atomic E-state index is 13.3. The van der Waals surface area contributed by atoms with Crippen molar-refractivity contribution in [2.75, 3.05) is 13.2 Å². The van der Waals surface area contributed by atoms with E-state index in [1.54, 1.807) is 6.08 Å². The first kappa shape index (κ1) is 17.5. The summed E-state index contributed by atoms with van der Waals surface area (Å²) in [5.74, 6) is 0.304. The maximum absolute atomic E-state index is 13.3. The molecule has 2 heterocycles. The fraction of sp³-hybridized carbons (Fsp3) is 0.412. The van der Waals surface area contributed by atoms with Gasteiger partial charge in [0.2, 0.25) is 11.7 Å². The van der Waals surface area contributed by atoms with E-state index in [2.05, 4.69) is 22.0 Å². The summed E-state index contributed by atoms with van der Waals surface area (Å²) in [6, 6.07) is 3.73. The van der Waals surface area contributed by atoms with Crippen LogP contribution in [0.15, 0.2) is 35.4 Å². The fourth-order valence-corrected chi connectivity index (χ4v) is 2.66. The molecule has 1 saturated heterocycles. The summed E-state index contributed by atoms with van der Waals surface area (Å²) in [6.45, 7) is 4.51. The van der Waals surface area contributed by atoms with Crippen molar-refractivity contribution >= 4 is 0 Å². The quantitative estimate of drug-likeness (QED) is 0.625. The molecule has 0 unspecified atom stereocenters. The van der Waals surface area contributed by atoms with E-state index in [1.807, 2.05) is 0 Å². The Hall–Kier alpha value is -2.35. The number of aromatic nitrogens is 2. The highest BCUT2D eigenvalue weighted by Gasteiger charge is 2.35. The number of hydrogen-bond acceptors (Lipinski definition) is 5.